The lowest BCUT2D eigenvalue weighted by Crippen LogP contribution is -2.44. The summed E-state index contributed by atoms with van der Waals surface area (Å²) < 4.78 is 13.5. The van der Waals surface area contributed by atoms with Crippen molar-refractivity contribution in [2.75, 3.05) is 0 Å². The van der Waals surface area contributed by atoms with Gasteiger partial charge in [0.15, 0.2) is 5.84 Å². The Kier molecular flexibility index (Phi) is 8.30. The fourth-order valence-corrected chi connectivity index (χ4v) is 7.36. The molecule has 6 aromatic carbocycles. The molecule has 0 saturated carbocycles. The molecule has 250 valence electrons. The average molecular weight is 666 g/mol. The van der Waals surface area contributed by atoms with Crippen LogP contribution in [0.2, 0.25) is 0 Å². The maximum atomic E-state index is 9.25. The first-order chi connectivity index (χ1) is 24.8. The highest BCUT2D eigenvalue weighted by molar-refractivity contribution is 6.69. The smallest absolute Gasteiger partial charge is 0.399 e. The Morgan fingerprint density at radius 2 is 1.22 bits per heavy atom. The predicted molar refractivity (Wildman–Crippen MR) is 211 cm³/mol. The summed E-state index contributed by atoms with van der Waals surface area (Å²) in [6.07, 6.45) is 2.81. The van der Waals surface area contributed by atoms with Gasteiger partial charge in [0.25, 0.3) is 0 Å². The van der Waals surface area contributed by atoms with Gasteiger partial charge in [-0.1, -0.05) is 134 Å². The maximum absolute atomic E-state index is 9.25. The molecule has 2 heterocycles. The Balaban J connectivity index is 1.25. The molecule has 6 heteroatoms. The molecule has 0 amide bonds. The van der Waals surface area contributed by atoms with Crippen LogP contribution in [0, 0.1) is 5.41 Å². The minimum absolute atomic E-state index is 0.178. The van der Waals surface area contributed by atoms with Gasteiger partial charge in [-0.25, -0.2) is 4.99 Å². The van der Waals surface area contributed by atoms with Crippen LogP contribution in [0.1, 0.15) is 39.7 Å². The van der Waals surface area contributed by atoms with E-state index in [4.69, 9.17) is 14.3 Å². The SMILES string of the molecule is CCC1(C)OB(c2c3ccccc3c(-c3cccc(C(=N)N=c4[nH]cc(-c5ccccc5)cc4-c4ccccc4)c3)c3ccccc23)OC1(C)C. The van der Waals surface area contributed by atoms with Gasteiger partial charge in [-0.15, -0.1) is 0 Å². The number of fused-ring (bicyclic) bond motifs is 2. The number of aromatic amines is 1. The molecule has 1 saturated heterocycles. The lowest BCUT2D eigenvalue weighted by Gasteiger charge is -2.35. The number of amidine groups is 1. The van der Waals surface area contributed by atoms with E-state index in [0.717, 1.165) is 72.4 Å². The van der Waals surface area contributed by atoms with Crippen molar-refractivity contribution in [3.63, 3.8) is 0 Å². The van der Waals surface area contributed by atoms with Crippen LogP contribution in [-0.4, -0.2) is 29.1 Å². The highest BCUT2D eigenvalue weighted by Crippen LogP contribution is 2.42. The molecule has 0 spiro atoms. The third kappa shape index (κ3) is 5.81. The number of nitrogens with one attached hydrogen (secondary N) is 2. The third-order valence-corrected chi connectivity index (χ3v) is 10.7. The van der Waals surface area contributed by atoms with Gasteiger partial charge in [0, 0.05) is 17.3 Å². The van der Waals surface area contributed by atoms with Crippen molar-refractivity contribution in [2.24, 2.45) is 4.99 Å². The number of hydrogen-bond donors (Lipinski definition) is 2. The van der Waals surface area contributed by atoms with Crippen LogP contribution in [-0.2, 0) is 9.31 Å². The highest BCUT2D eigenvalue weighted by Gasteiger charge is 2.54. The van der Waals surface area contributed by atoms with Crippen molar-refractivity contribution in [1.29, 1.82) is 5.41 Å². The van der Waals surface area contributed by atoms with Crippen LogP contribution in [0.15, 0.2) is 151 Å². The second kappa shape index (κ2) is 13.0. The fourth-order valence-electron chi connectivity index (χ4n) is 7.36. The molecule has 7 aromatic rings. The molecule has 0 aliphatic carbocycles. The second-order valence-corrected chi connectivity index (χ2v) is 14.0. The lowest BCUT2D eigenvalue weighted by atomic mass is 9.71. The van der Waals surface area contributed by atoms with Crippen molar-refractivity contribution < 1.29 is 9.31 Å². The Labute approximate surface area is 299 Å². The van der Waals surface area contributed by atoms with Crippen molar-refractivity contribution >= 4 is 40.0 Å². The van der Waals surface area contributed by atoms with Crippen molar-refractivity contribution in [3.8, 4) is 33.4 Å². The quantitative estimate of drug-likeness (QED) is 0.0804. The zero-order chi connectivity index (χ0) is 35.2. The first-order valence-corrected chi connectivity index (χ1v) is 17.6. The Bertz CT molecular complexity index is 2430. The molecule has 0 bridgehead atoms. The number of nitrogens with zero attached hydrogens (tertiary/aromatic N) is 1. The summed E-state index contributed by atoms with van der Waals surface area (Å²) in [5.74, 6) is 0.178. The number of hydrogen-bond acceptors (Lipinski definition) is 3. The van der Waals surface area contributed by atoms with Gasteiger partial charge in [-0.2, -0.15) is 0 Å². The third-order valence-electron chi connectivity index (χ3n) is 10.7. The minimum atomic E-state index is -0.504. The maximum Gasteiger partial charge on any atom is 0.496 e. The topological polar surface area (TPSA) is 70.5 Å². The van der Waals surface area contributed by atoms with Gasteiger partial charge < -0.3 is 14.3 Å². The van der Waals surface area contributed by atoms with E-state index in [1.54, 1.807) is 0 Å². The molecular weight excluding hydrogens is 625 g/mol. The number of benzene rings is 6. The van der Waals surface area contributed by atoms with Crippen molar-refractivity contribution in [2.45, 2.75) is 45.3 Å². The van der Waals surface area contributed by atoms with Crippen LogP contribution in [0.5, 0.6) is 0 Å². The summed E-state index contributed by atoms with van der Waals surface area (Å²) in [7, 11) is -0.504. The predicted octanol–water partition coefficient (Wildman–Crippen LogP) is 9.94. The monoisotopic (exact) mass is 665 g/mol. The summed E-state index contributed by atoms with van der Waals surface area (Å²) in [6.45, 7) is 8.55. The summed E-state index contributed by atoms with van der Waals surface area (Å²) in [5, 5.41) is 13.7. The molecule has 1 aliphatic rings. The van der Waals surface area contributed by atoms with E-state index < -0.39 is 18.3 Å². The largest absolute Gasteiger partial charge is 0.496 e. The second-order valence-electron chi connectivity index (χ2n) is 14.0. The molecule has 8 rings (SSSR count). The van der Waals surface area contributed by atoms with E-state index in [-0.39, 0.29) is 5.84 Å². The van der Waals surface area contributed by atoms with Gasteiger partial charge >= 0.3 is 7.12 Å². The Morgan fingerprint density at radius 1 is 0.647 bits per heavy atom. The molecule has 2 N–H and O–H groups in total. The summed E-state index contributed by atoms with van der Waals surface area (Å²) in [4.78, 5) is 8.31. The number of rotatable bonds is 6. The highest BCUT2D eigenvalue weighted by atomic mass is 16.7. The van der Waals surface area contributed by atoms with E-state index in [1.807, 2.05) is 54.7 Å². The summed E-state index contributed by atoms with van der Waals surface area (Å²) in [5.41, 5.74) is 7.80. The van der Waals surface area contributed by atoms with Crippen LogP contribution in [0.3, 0.4) is 0 Å². The van der Waals surface area contributed by atoms with Crippen LogP contribution in [0.4, 0.5) is 0 Å². The molecule has 1 aromatic heterocycles. The molecule has 1 fully saturated rings. The molecule has 1 atom stereocenters. The first kappa shape index (κ1) is 32.6. The van der Waals surface area contributed by atoms with Gasteiger partial charge in [0.2, 0.25) is 0 Å². The van der Waals surface area contributed by atoms with Crippen molar-refractivity contribution in [3.05, 3.63) is 157 Å². The summed E-state index contributed by atoms with van der Waals surface area (Å²) in [6, 6.07) is 47.9. The molecule has 5 nitrogen and oxygen atoms in total. The zero-order valence-electron chi connectivity index (χ0n) is 29.4. The lowest BCUT2D eigenvalue weighted by molar-refractivity contribution is -0.0118. The van der Waals surface area contributed by atoms with E-state index in [9.17, 15) is 5.41 Å². The van der Waals surface area contributed by atoms with Gasteiger partial charge in [-0.05, 0) is 94.1 Å². The molecule has 1 aliphatic heterocycles. The van der Waals surface area contributed by atoms with Gasteiger partial charge in [0.1, 0.15) is 5.49 Å². The van der Waals surface area contributed by atoms with Crippen LogP contribution >= 0.6 is 0 Å². The van der Waals surface area contributed by atoms with E-state index in [2.05, 4.69) is 124 Å². The van der Waals surface area contributed by atoms with Gasteiger partial charge in [0.05, 0.1) is 11.2 Å². The zero-order valence-corrected chi connectivity index (χ0v) is 29.4. The molecule has 1 unspecified atom stereocenters. The Hall–Kier alpha value is -5.56. The van der Waals surface area contributed by atoms with Gasteiger partial charge in [-0.3, -0.25) is 5.41 Å². The number of pyridine rings is 1. The normalized spacial score (nSPS) is 17.3. The van der Waals surface area contributed by atoms with Crippen LogP contribution in [0.25, 0.3) is 54.9 Å². The average Bonchev–Trinajstić information content (AvgIpc) is 3.42. The number of aromatic nitrogens is 1. The fraction of sp³-hybridized carbons (Fsp3) is 0.156. The van der Waals surface area contributed by atoms with E-state index in [1.165, 1.54) is 0 Å². The van der Waals surface area contributed by atoms with Crippen molar-refractivity contribution in [1.82, 2.24) is 4.98 Å². The van der Waals surface area contributed by atoms with Crippen LogP contribution < -0.4 is 11.0 Å². The number of H-pyrrole nitrogens is 1. The Morgan fingerprint density at radius 3 is 1.82 bits per heavy atom. The van der Waals surface area contributed by atoms with E-state index in [0.29, 0.717) is 5.49 Å². The molecular formula is C45H40BN3O2. The minimum Gasteiger partial charge on any atom is -0.399 e. The van der Waals surface area contributed by atoms with E-state index >= 15 is 0 Å². The standard InChI is InChI=1S/C45H40BN3O2/c1-5-45(4)44(2,3)50-46(51-45)41-37-25-14-12-23-35(37)40(36-24-13-15-26-38(36)41)32-21-16-22-33(27-32)42(47)49-43-39(31-19-10-7-11-20-31)28-34(29-48-43)30-17-8-6-9-18-30/h6-29H,5H2,1-4H3,(H2,47,48,49). The first-order valence-electron chi connectivity index (χ1n) is 17.6. The molecule has 0 radical (unpaired) electrons. The summed E-state index contributed by atoms with van der Waals surface area (Å²) >= 11 is 0. The molecule has 51 heavy (non-hydrogen) atoms.